The highest BCUT2D eigenvalue weighted by atomic mass is 16.6. The molecular weight excluding hydrogens is 320 g/mol. The Morgan fingerprint density at radius 1 is 1.16 bits per heavy atom. The predicted molar refractivity (Wildman–Crippen MR) is 97.0 cm³/mol. The van der Waals surface area contributed by atoms with E-state index in [1.807, 2.05) is 24.3 Å². The van der Waals surface area contributed by atoms with E-state index in [0.29, 0.717) is 17.4 Å². The Bertz CT molecular complexity index is 743. The second kappa shape index (κ2) is 8.28. The fourth-order valence-electron chi connectivity index (χ4n) is 2.37. The van der Waals surface area contributed by atoms with Crippen LogP contribution in [0.1, 0.15) is 38.7 Å². The summed E-state index contributed by atoms with van der Waals surface area (Å²) >= 11 is 0. The van der Waals surface area contributed by atoms with E-state index >= 15 is 0 Å². The van der Waals surface area contributed by atoms with Crippen LogP contribution in [0.3, 0.4) is 0 Å². The lowest BCUT2D eigenvalue weighted by Gasteiger charge is -2.19. The van der Waals surface area contributed by atoms with Gasteiger partial charge in [0.15, 0.2) is 6.10 Å². The Balaban J connectivity index is 2.04. The second-order valence-electron chi connectivity index (χ2n) is 5.90. The first-order valence-corrected chi connectivity index (χ1v) is 8.23. The largest absolute Gasteiger partial charge is 0.481 e. The van der Waals surface area contributed by atoms with Gasteiger partial charge in [-0.05, 0) is 43.0 Å². The average molecular weight is 342 g/mol. The molecule has 0 bridgehead atoms. The van der Waals surface area contributed by atoms with Crippen LogP contribution in [0, 0.1) is 10.1 Å². The highest BCUT2D eigenvalue weighted by molar-refractivity contribution is 5.94. The molecule has 0 aliphatic heterocycles. The molecule has 0 spiro atoms. The number of amides is 1. The van der Waals surface area contributed by atoms with Crippen LogP contribution in [0.4, 0.5) is 11.4 Å². The molecular formula is C19H22N2O4. The molecule has 0 aliphatic rings. The maximum atomic E-state index is 12.3. The van der Waals surface area contributed by atoms with Crippen molar-refractivity contribution in [2.45, 2.75) is 39.2 Å². The molecule has 0 aromatic heterocycles. The van der Waals surface area contributed by atoms with Gasteiger partial charge in [0.05, 0.1) is 4.92 Å². The highest BCUT2D eigenvalue weighted by Gasteiger charge is 2.18. The molecule has 0 fully saturated rings. The molecule has 2 unspecified atom stereocenters. The van der Waals surface area contributed by atoms with Gasteiger partial charge in [0.1, 0.15) is 5.75 Å². The van der Waals surface area contributed by atoms with E-state index in [0.717, 1.165) is 12.0 Å². The Morgan fingerprint density at radius 3 is 2.40 bits per heavy atom. The van der Waals surface area contributed by atoms with Crippen LogP contribution < -0.4 is 10.1 Å². The number of nitrogens with one attached hydrogen (secondary N) is 1. The zero-order valence-electron chi connectivity index (χ0n) is 14.6. The Labute approximate surface area is 147 Å². The summed E-state index contributed by atoms with van der Waals surface area (Å²) in [4.78, 5) is 22.5. The Morgan fingerprint density at radius 2 is 1.80 bits per heavy atom. The molecule has 1 N–H and O–H groups in total. The first kappa shape index (κ1) is 18.4. The molecule has 132 valence electrons. The van der Waals surface area contributed by atoms with Crippen molar-refractivity contribution in [2.24, 2.45) is 0 Å². The van der Waals surface area contributed by atoms with Crippen molar-refractivity contribution in [3.05, 3.63) is 64.2 Å². The van der Waals surface area contributed by atoms with E-state index in [-0.39, 0.29) is 11.6 Å². The number of non-ortho nitro benzene ring substituents is 1. The molecule has 0 saturated carbocycles. The minimum absolute atomic E-state index is 0.0234. The molecule has 25 heavy (non-hydrogen) atoms. The number of nitro benzene ring substituents is 1. The summed E-state index contributed by atoms with van der Waals surface area (Å²) in [6.45, 7) is 5.89. The molecule has 1 amide bonds. The fraction of sp³-hybridized carbons (Fsp3) is 0.316. The van der Waals surface area contributed by atoms with E-state index in [1.165, 1.54) is 24.3 Å². The maximum Gasteiger partial charge on any atom is 0.269 e. The van der Waals surface area contributed by atoms with Gasteiger partial charge in [-0.3, -0.25) is 14.9 Å². The van der Waals surface area contributed by atoms with Crippen molar-refractivity contribution in [1.82, 2.24) is 0 Å². The number of hydrogen-bond acceptors (Lipinski definition) is 4. The van der Waals surface area contributed by atoms with Gasteiger partial charge in [-0.15, -0.1) is 0 Å². The molecule has 0 aliphatic carbocycles. The lowest BCUT2D eigenvalue weighted by Crippen LogP contribution is -2.30. The van der Waals surface area contributed by atoms with Crippen molar-refractivity contribution in [1.29, 1.82) is 0 Å². The smallest absolute Gasteiger partial charge is 0.269 e. The van der Waals surface area contributed by atoms with Gasteiger partial charge in [0.2, 0.25) is 0 Å². The minimum atomic E-state index is -0.694. The molecule has 2 aromatic rings. The first-order chi connectivity index (χ1) is 11.9. The number of para-hydroxylation sites is 1. The summed E-state index contributed by atoms with van der Waals surface area (Å²) < 4.78 is 5.84. The summed E-state index contributed by atoms with van der Waals surface area (Å²) in [5.74, 6) is 0.720. The second-order valence-corrected chi connectivity index (χ2v) is 5.90. The predicted octanol–water partition coefficient (Wildman–Crippen LogP) is 4.51. The van der Waals surface area contributed by atoms with Crippen molar-refractivity contribution in [2.75, 3.05) is 5.32 Å². The summed E-state index contributed by atoms with van der Waals surface area (Å²) in [5.41, 5.74) is 1.53. The molecule has 6 nitrogen and oxygen atoms in total. The van der Waals surface area contributed by atoms with E-state index in [4.69, 9.17) is 4.74 Å². The molecule has 2 atom stereocenters. The lowest BCUT2D eigenvalue weighted by atomic mass is 9.98. The number of benzene rings is 2. The molecule has 2 aromatic carbocycles. The standard InChI is InChI=1S/C19H22N2O4/c1-4-13(2)17-7-5-6-8-18(17)25-14(3)19(22)20-15-9-11-16(12-10-15)21(23)24/h5-14H,4H2,1-3H3,(H,20,22). The number of carbonyl (C=O) groups excluding carboxylic acids is 1. The topological polar surface area (TPSA) is 81.5 Å². The van der Waals surface area contributed by atoms with Gasteiger partial charge in [0, 0.05) is 17.8 Å². The lowest BCUT2D eigenvalue weighted by molar-refractivity contribution is -0.384. The van der Waals surface area contributed by atoms with Gasteiger partial charge in [0.25, 0.3) is 11.6 Å². The molecule has 0 heterocycles. The summed E-state index contributed by atoms with van der Waals surface area (Å²) in [7, 11) is 0. The molecule has 2 rings (SSSR count). The normalized spacial score (nSPS) is 12.9. The van der Waals surface area contributed by atoms with Gasteiger partial charge < -0.3 is 10.1 Å². The monoisotopic (exact) mass is 342 g/mol. The third-order valence-corrected chi connectivity index (χ3v) is 4.08. The average Bonchev–Trinajstić information content (AvgIpc) is 2.61. The molecule has 0 saturated heterocycles. The molecule has 0 radical (unpaired) electrons. The minimum Gasteiger partial charge on any atom is -0.481 e. The Hall–Kier alpha value is -2.89. The van der Waals surface area contributed by atoms with E-state index in [9.17, 15) is 14.9 Å². The quantitative estimate of drug-likeness (QED) is 0.593. The number of rotatable bonds is 7. The number of nitro groups is 1. The van der Waals surface area contributed by atoms with Gasteiger partial charge in [-0.25, -0.2) is 0 Å². The van der Waals surface area contributed by atoms with Crippen molar-refractivity contribution >= 4 is 17.3 Å². The third-order valence-electron chi connectivity index (χ3n) is 4.08. The number of ether oxygens (including phenoxy) is 1. The van der Waals surface area contributed by atoms with Crippen molar-refractivity contribution < 1.29 is 14.5 Å². The summed E-state index contributed by atoms with van der Waals surface area (Å²) in [6.07, 6.45) is 0.282. The van der Waals surface area contributed by atoms with E-state index in [1.54, 1.807) is 6.92 Å². The third kappa shape index (κ3) is 4.79. The van der Waals surface area contributed by atoms with Crippen LogP contribution in [-0.2, 0) is 4.79 Å². The Kier molecular flexibility index (Phi) is 6.11. The summed E-state index contributed by atoms with van der Waals surface area (Å²) in [6, 6.07) is 13.4. The van der Waals surface area contributed by atoms with Crippen molar-refractivity contribution in [3.63, 3.8) is 0 Å². The maximum absolute atomic E-state index is 12.3. The van der Waals surface area contributed by atoms with Gasteiger partial charge in [-0.2, -0.15) is 0 Å². The molecule has 6 heteroatoms. The number of carbonyl (C=O) groups is 1. The zero-order valence-corrected chi connectivity index (χ0v) is 14.6. The van der Waals surface area contributed by atoms with Gasteiger partial charge >= 0.3 is 0 Å². The van der Waals surface area contributed by atoms with Gasteiger partial charge in [-0.1, -0.05) is 32.0 Å². The van der Waals surface area contributed by atoms with Crippen LogP contribution in [0.2, 0.25) is 0 Å². The number of anilines is 1. The van der Waals surface area contributed by atoms with E-state index in [2.05, 4.69) is 19.2 Å². The number of hydrogen-bond donors (Lipinski definition) is 1. The van der Waals surface area contributed by atoms with Crippen molar-refractivity contribution in [3.8, 4) is 5.75 Å². The van der Waals surface area contributed by atoms with Crippen LogP contribution in [0.15, 0.2) is 48.5 Å². The van der Waals surface area contributed by atoms with Crippen LogP contribution in [-0.4, -0.2) is 16.9 Å². The highest BCUT2D eigenvalue weighted by Crippen LogP contribution is 2.29. The SMILES string of the molecule is CCC(C)c1ccccc1OC(C)C(=O)Nc1ccc([N+](=O)[O-])cc1. The first-order valence-electron chi connectivity index (χ1n) is 8.23. The fourth-order valence-corrected chi connectivity index (χ4v) is 2.37. The van der Waals surface area contributed by atoms with Crippen LogP contribution >= 0.6 is 0 Å². The van der Waals surface area contributed by atoms with Crippen LogP contribution in [0.25, 0.3) is 0 Å². The zero-order chi connectivity index (χ0) is 18.4. The van der Waals surface area contributed by atoms with E-state index < -0.39 is 11.0 Å². The number of nitrogens with zero attached hydrogens (tertiary/aromatic N) is 1. The van der Waals surface area contributed by atoms with Crippen LogP contribution in [0.5, 0.6) is 5.75 Å². The summed E-state index contributed by atoms with van der Waals surface area (Å²) in [5, 5.41) is 13.4.